The van der Waals surface area contributed by atoms with Gasteiger partial charge < -0.3 is 19.7 Å². The zero-order valence-corrected chi connectivity index (χ0v) is 11.5. The van der Waals surface area contributed by atoms with Gasteiger partial charge >= 0.3 is 12.1 Å². The Morgan fingerprint density at radius 3 is 2.58 bits per heavy atom. The van der Waals surface area contributed by atoms with E-state index in [2.05, 4.69) is 10.3 Å². The molecule has 19 heavy (non-hydrogen) atoms. The van der Waals surface area contributed by atoms with E-state index in [4.69, 9.17) is 9.84 Å². The average Bonchev–Trinajstić information content (AvgIpc) is 2.59. The van der Waals surface area contributed by atoms with E-state index in [-0.39, 0.29) is 6.42 Å². The summed E-state index contributed by atoms with van der Waals surface area (Å²) in [5.41, 5.74) is -0.0297. The molecule has 0 aliphatic carbocycles. The summed E-state index contributed by atoms with van der Waals surface area (Å²) in [5, 5.41) is 11.4. The molecule has 1 heterocycles. The van der Waals surface area contributed by atoms with Gasteiger partial charge in [0.25, 0.3) is 0 Å². The number of aromatic nitrogens is 2. The number of hydrogen-bond donors (Lipinski definition) is 2. The van der Waals surface area contributed by atoms with Gasteiger partial charge in [-0.15, -0.1) is 0 Å². The van der Waals surface area contributed by atoms with Gasteiger partial charge in [-0.2, -0.15) is 0 Å². The van der Waals surface area contributed by atoms with E-state index in [9.17, 15) is 9.59 Å². The molecule has 0 unspecified atom stereocenters. The highest BCUT2D eigenvalue weighted by molar-refractivity contribution is 5.72. The summed E-state index contributed by atoms with van der Waals surface area (Å²) in [6.07, 6.45) is 2.17. The van der Waals surface area contributed by atoms with Gasteiger partial charge in [0, 0.05) is 7.05 Å². The Balaban J connectivity index is 2.79. The largest absolute Gasteiger partial charge is 0.481 e. The number of aliphatic carboxylic acids is 1. The van der Waals surface area contributed by atoms with Crippen LogP contribution in [-0.2, 0) is 16.6 Å². The number of nitrogens with zero attached hydrogens (tertiary/aromatic N) is 2. The number of carboxylic acids is 1. The van der Waals surface area contributed by atoms with Crippen molar-refractivity contribution in [3.8, 4) is 0 Å². The molecule has 2 N–H and O–H groups in total. The zero-order chi connectivity index (χ0) is 14.6. The van der Waals surface area contributed by atoms with Crippen LogP contribution in [0.15, 0.2) is 12.5 Å². The molecule has 0 aromatic carbocycles. The smallest absolute Gasteiger partial charge is 0.408 e. The number of amides is 1. The number of hydrogen-bond acceptors (Lipinski definition) is 4. The summed E-state index contributed by atoms with van der Waals surface area (Å²) >= 11 is 0. The van der Waals surface area contributed by atoms with Crippen LogP contribution in [0.2, 0.25) is 0 Å². The maximum absolute atomic E-state index is 11.7. The van der Waals surface area contributed by atoms with E-state index in [1.165, 1.54) is 6.20 Å². The molecule has 0 spiro atoms. The second-order valence-corrected chi connectivity index (χ2v) is 5.23. The van der Waals surface area contributed by atoms with Gasteiger partial charge in [-0.3, -0.25) is 4.79 Å². The van der Waals surface area contributed by atoms with Crippen LogP contribution >= 0.6 is 0 Å². The van der Waals surface area contributed by atoms with Crippen molar-refractivity contribution in [3.63, 3.8) is 0 Å². The van der Waals surface area contributed by atoms with Crippen molar-refractivity contribution < 1.29 is 19.4 Å². The maximum atomic E-state index is 11.7. The molecule has 106 valence electrons. The normalized spacial score (nSPS) is 12.8. The molecule has 0 bridgehead atoms. The Labute approximate surface area is 111 Å². The Bertz CT molecular complexity index is 462. The van der Waals surface area contributed by atoms with Gasteiger partial charge in [0.05, 0.1) is 30.7 Å². The van der Waals surface area contributed by atoms with Gasteiger partial charge in [-0.1, -0.05) is 0 Å². The number of imidazole rings is 1. The fraction of sp³-hybridized carbons (Fsp3) is 0.583. The van der Waals surface area contributed by atoms with E-state index in [0.717, 1.165) is 0 Å². The zero-order valence-electron chi connectivity index (χ0n) is 11.5. The number of nitrogens with one attached hydrogen (secondary N) is 1. The summed E-state index contributed by atoms with van der Waals surface area (Å²) in [5.74, 6) is -1.01. The molecule has 7 nitrogen and oxygen atoms in total. The van der Waals surface area contributed by atoms with E-state index < -0.39 is 23.7 Å². The topological polar surface area (TPSA) is 93.5 Å². The van der Waals surface area contributed by atoms with Crippen LogP contribution in [-0.4, -0.2) is 32.3 Å². The Morgan fingerprint density at radius 2 is 2.16 bits per heavy atom. The minimum absolute atomic E-state index is 0.237. The lowest BCUT2D eigenvalue weighted by Gasteiger charge is -2.23. The number of carboxylic acid groups (broad SMARTS) is 1. The van der Waals surface area contributed by atoms with Crippen molar-refractivity contribution in [1.82, 2.24) is 14.9 Å². The molecule has 7 heteroatoms. The Kier molecular flexibility index (Phi) is 4.52. The predicted octanol–water partition coefficient (Wildman–Crippen LogP) is 1.46. The quantitative estimate of drug-likeness (QED) is 0.863. The minimum Gasteiger partial charge on any atom is -0.481 e. The number of carbonyl (C=O) groups excluding carboxylic acids is 1. The van der Waals surface area contributed by atoms with E-state index in [1.807, 2.05) is 0 Å². The first-order valence-corrected chi connectivity index (χ1v) is 5.86. The number of alkyl carbamates (subject to hydrolysis) is 1. The second-order valence-electron chi connectivity index (χ2n) is 5.23. The molecule has 0 fully saturated rings. The van der Waals surface area contributed by atoms with Crippen molar-refractivity contribution in [2.45, 2.75) is 38.8 Å². The molecule has 1 aromatic rings. The molecule has 1 rings (SSSR count). The summed E-state index contributed by atoms with van der Waals surface area (Å²) < 4.78 is 6.77. The molecule has 0 aliphatic rings. The first kappa shape index (κ1) is 15.0. The molecule has 0 radical (unpaired) electrons. The summed E-state index contributed by atoms with van der Waals surface area (Å²) in [4.78, 5) is 26.5. The number of carbonyl (C=O) groups is 2. The lowest BCUT2D eigenvalue weighted by atomic mass is 10.1. The van der Waals surface area contributed by atoms with Crippen LogP contribution in [0, 0.1) is 0 Å². The molecule has 1 amide bonds. The Hall–Kier alpha value is -2.05. The summed E-state index contributed by atoms with van der Waals surface area (Å²) in [6, 6.07) is -0.681. The molecular formula is C12H19N3O4. The minimum atomic E-state index is -1.01. The van der Waals surface area contributed by atoms with Gasteiger partial charge in [0.2, 0.25) is 0 Å². The second kappa shape index (κ2) is 5.73. The van der Waals surface area contributed by atoms with Crippen LogP contribution in [0.3, 0.4) is 0 Å². The van der Waals surface area contributed by atoms with Crippen LogP contribution in [0.1, 0.15) is 38.9 Å². The molecule has 0 saturated heterocycles. The summed E-state index contributed by atoms with van der Waals surface area (Å²) in [7, 11) is 1.73. The van der Waals surface area contributed by atoms with Crippen LogP contribution in [0.5, 0.6) is 0 Å². The molecule has 0 aliphatic heterocycles. The van der Waals surface area contributed by atoms with Crippen molar-refractivity contribution in [3.05, 3.63) is 18.2 Å². The van der Waals surface area contributed by atoms with Gasteiger partial charge in [0.1, 0.15) is 5.60 Å². The summed E-state index contributed by atoms with van der Waals surface area (Å²) in [6.45, 7) is 5.22. The standard InChI is InChI=1S/C12H19N3O4/c1-12(2,3)19-11(18)14-8(5-10(16)17)9-6-13-7-15(9)4/h6-8H,5H2,1-4H3,(H,14,18)(H,16,17)/t8-/m0/s1. The van der Waals surface area contributed by atoms with E-state index in [1.54, 1.807) is 38.7 Å². The lowest BCUT2D eigenvalue weighted by molar-refractivity contribution is -0.137. The van der Waals surface area contributed by atoms with Crippen molar-refractivity contribution in [2.75, 3.05) is 0 Å². The fourth-order valence-electron chi connectivity index (χ4n) is 1.56. The number of rotatable bonds is 4. The van der Waals surface area contributed by atoms with E-state index >= 15 is 0 Å². The third kappa shape index (κ3) is 4.99. The lowest BCUT2D eigenvalue weighted by Crippen LogP contribution is -2.36. The SMILES string of the molecule is Cn1cncc1[C@H](CC(=O)O)NC(=O)OC(C)(C)C. The third-order valence-corrected chi connectivity index (χ3v) is 2.28. The van der Waals surface area contributed by atoms with Crippen molar-refractivity contribution >= 4 is 12.1 Å². The monoisotopic (exact) mass is 269 g/mol. The van der Waals surface area contributed by atoms with Crippen LogP contribution in [0.4, 0.5) is 4.79 Å². The first-order chi connectivity index (χ1) is 8.69. The molecule has 1 aromatic heterocycles. The van der Waals surface area contributed by atoms with Gasteiger partial charge in [-0.05, 0) is 20.8 Å². The van der Waals surface area contributed by atoms with Crippen LogP contribution < -0.4 is 5.32 Å². The molecule has 1 atom stereocenters. The van der Waals surface area contributed by atoms with Crippen molar-refractivity contribution in [2.24, 2.45) is 7.05 Å². The molecular weight excluding hydrogens is 250 g/mol. The van der Waals surface area contributed by atoms with Crippen LogP contribution in [0.25, 0.3) is 0 Å². The van der Waals surface area contributed by atoms with E-state index in [0.29, 0.717) is 5.69 Å². The molecule has 0 saturated carbocycles. The first-order valence-electron chi connectivity index (χ1n) is 5.86. The highest BCUT2D eigenvalue weighted by Gasteiger charge is 2.24. The number of aryl methyl sites for hydroxylation is 1. The third-order valence-electron chi connectivity index (χ3n) is 2.28. The van der Waals surface area contributed by atoms with Gasteiger partial charge in [-0.25, -0.2) is 9.78 Å². The highest BCUT2D eigenvalue weighted by Crippen LogP contribution is 2.17. The highest BCUT2D eigenvalue weighted by atomic mass is 16.6. The number of ether oxygens (including phenoxy) is 1. The fourth-order valence-corrected chi connectivity index (χ4v) is 1.56. The Morgan fingerprint density at radius 1 is 1.53 bits per heavy atom. The van der Waals surface area contributed by atoms with Crippen molar-refractivity contribution in [1.29, 1.82) is 0 Å². The maximum Gasteiger partial charge on any atom is 0.408 e. The average molecular weight is 269 g/mol. The predicted molar refractivity (Wildman–Crippen MR) is 67.6 cm³/mol. The van der Waals surface area contributed by atoms with Gasteiger partial charge in [0.15, 0.2) is 0 Å².